The van der Waals surface area contributed by atoms with Crippen LogP contribution in [0.3, 0.4) is 0 Å². The average Bonchev–Trinajstić information content (AvgIpc) is 2.86. The van der Waals surface area contributed by atoms with Gasteiger partial charge in [-0.05, 0) is 40.2 Å². The Hall–Kier alpha value is -1.40. The van der Waals surface area contributed by atoms with E-state index in [9.17, 15) is 0 Å². The lowest BCUT2D eigenvalue weighted by Gasteiger charge is -2.10. The maximum atomic E-state index is 4.26. The Bertz CT molecular complexity index is 539. The van der Waals surface area contributed by atoms with Gasteiger partial charge in [0.2, 0.25) is 0 Å². The van der Waals surface area contributed by atoms with Crippen LogP contribution in [0.5, 0.6) is 0 Å². The predicted molar refractivity (Wildman–Crippen MR) is 83.3 cm³/mol. The lowest BCUT2D eigenvalue weighted by Crippen LogP contribution is -2.36. The van der Waals surface area contributed by atoms with E-state index >= 15 is 0 Å². The molecule has 0 spiro atoms. The fourth-order valence-electron chi connectivity index (χ4n) is 1.52. The van der Waals surface area contributed by atoms with Gasteiger partial charge < -0.3 is 10.6 Å². The summed E-state index contributed by atoms with van der Waals surface area (Å²) < 4.78 is 1.14. The van der Waals surface area contributed by atoms with Gasteiger partial charge in [-0.3, -0.25) is 9.98 Å². The van der Waals surface area contributed by atoms with Crippen molar-refractivity contribution in [3.8, 4) is 0 Å². The molecule has 2 rings (SSSR count). The van der Waals surface area contributed by atoms with Gasteiger partial charge in [0.1, 0.15) is 0 Å². The zero-order valence-corrected chi connectivity index (χ0v) is 13.0. The summed E-state index contributed by atoms with van der Waals surface area (Å²) in [6.45, 7) is 1.42. The molecule has 100 valence electrons. The normalized spacial score (nSPS) is 11.4. The standard InChI is InChI=1S/C13H15BrN4S/c1-15-13(17-8-10-4-2-3-7-16-10)18-9-11-5-6-12(14)19-11/h2-7H,8-9H2,1H3,(H2,15,17,18). The highest BCUT2D eigenvalue weighted by molar-refractivity contribution is 9.11. The van der Waals surface area contributed by atoms with Crippen molar-refractivity contribution in [2.75, 3.05) is 7.05 Å². The van der Waals surface area contributed by atoms with Gasteiger partial charge in [0, 0.05) is 18.1 Å². The van der Waals surface area contributed by atoms with Gasteiger partial charge in [0.25, 0.3) is 0 Å². The molecule has 4 nitrogen and oxygen atoms in total. The summed E-state index contributed by atoms with van der Waals surface area (Å²) in [6, 6.07) is 10.0. The second-order valence-electron chi connectivity index (χ2n) is 3.81. The molecule has 6 heteroatoms. The molecule has 0 radical (unpaired) electrons. The molecule has 0 saturated carbocycles. The molecule has 0 unspecified atom stereocenters. The maximum Gasteiger partial charge on any atom is 0.191 e. The molecule has 0 bridgehead atoms. The molecular weight excluding hydrogens is 324 g/mol. The molecule has 0 aliphatic carbocycles. The summed E-state index contributed by atoms with van der Waals surface area (Å²) in [5.41, 5.74) is 0.990. The van der Waals surface area contributed by atoms with E-state index in [0.29, 0.717) is 6.54 Å². The first kappa shape index (κ1) is 14.0. The SMILES string of the molecule is CN=C(NCc1ccccn1)NCc1ccc(Br)s1. The number of aliphatic imine (C=N–C) groups is 1. The van der Waals surface area contributed by atoms with Crippen LogP contribution in [-0.4, -0.2) is 18.0 Å². The lowest BCUT2D eigenvalue weighted by atomic mass is 10.3. The number of hydrogen-bond acceptors (Lipinski definition) is 3. The van der Waals surface area contributed by atoms with Crippen molar-refractivity contribution in [3.05, 3.63) is 50.9 Å². The smallest absolute Gasteiger partial charge is 0.191 e. The van der Waals surface area contributed by atoms with E-state index in [1.807, 2.05) is 24.3 Å². The predicted octanol–water partition coefficient (Wildman–Crippen LogP) is 2.77. The van der Waals surface area contributed by atoms with Crippen molar-refractivity contribution < 1.29 is 0 Å². The third-order valence-corrected chi connectivity index (χ3v) is 4.07. The first-order valence-electron chi connectivity index (χ1n) is 5.86. The first-order valence-corrected chi connectivity index (χ1v) is 7.47. The number of nitrogens with one attached hydrogen (secondary N) is 2. The van der Waals surface area contributed by atoms with Crippen LogP contribution in [0.15, 0.2) is 45.3 Å². The van der Waals surface area contributed by atoms with E-state index in [-0.39, 0.29) is 0 Å². The monoisotopic (exact) mass is 338 g/mol. The van der Waals surface area contributed by atoms with Crippen molar-refractivity contribution in [2.24, 2.45) is 4.99 Å². The molecule has 0 aliphatic heterocycles. The second kappa shape index (κ2) is 7.25. The number of thiophene rings is 1. The molecular formula is C13H15BrN4S. The Labute approximate surface area is 125 Å². The minimum absolute atomic E-state index is 0.661. The van der Waals surface area contributed by atoms with E-state index in [2.05, 4.69) is 42.6 Å². The van der Waals surface area contributed by atoms with Crippen LogP contribution >= 0.6 is 27.3 Å². The van der Waals surface area contributed by atoms with Gasteiger partial charge in [-0.1, -0.05) is 6.07 Å². The fraction of sp³-hybridized carbons (Fsp3) is 0.231. The molecule has 2 heterocycles. The first-order chi connectivity index (χ1) is 9.28. The highest BCUT2D eigenvalue weighted by Gasteiger charge is 2.01. The van der Waals surface area contributed by atoms with Crippen LogP contribution < -0.4 is 10.6 Å². The summed E-state index contributed by atoms with van der Waals surface area (Å²) in [4.78, 5) is 9.70. The quantitative estimate of drug-likeness (QED) is 0.665. The van der Waals surface area contributed by atoms with Gasteiger partial charge >= 0.3 is 0 Å². The van der Waals surface area contributed by atoms with E-state index in [0.717, 1.165) is 22.0 Å². The number of halogens is 1. The molecule has 0 saturated heterocycles. The number of aromatic nitrogens is 1. The van der Waals surface area contributed by atoms with E-state index in [1.54, 1.807) is 24.6 Å². The van der Waals surface area contributed by atoms with Gasteiger partial charge in [-0.2, -0.15) is 0 Å². The maximum absolute atomic E-state index is 4.26. The van der Waals surface area contributed by atoms with Crippen molar-refractivity contribution >= 4 is 33.2 Å². The second-order valence-corrected chi connectivity index (χ2v) is 6.35. The summed E-state index contributed by atoms with van der Waals surface area (Å²) >= 11 is 5.17. The number of nitrogens with zero attached hydrogens (tertiary/aromatic N) is 2. The number of guanidine groups is 1. The topological polar surface area (TPSA) is 49.3 Å². The van der Waals surface area contributed by atoms with Crippen LogP contribution in [0.4, 0.5) is 0 Å². The van der Waals surface area contributed by atoms with Crippen LogP contribution in [0.1, 0.15) is 10.6 Å². The molecule has 19 heavy (non-hydrogen) atoms. The minimum atomic E-state index is 0.661. The largest absolute Gasteiger partial charge is 0.352 e. The Morgan fingerprint density at radius 2 is 2.11 bits per heavy atom. The van der Waals surface area contributed by atoms with E-state index in [1.165, 1.54) is 4.88 Å². The van der Waals surface area contributed by atoms with Gasteiger partial charge in [0.15, 0.2) is 5.96 Å². The van der Waals surface area contributed by atoms with E-state index < -0.39 is 0 Å². The summed E-state index contributed by atoms with van der Waals surface area (Å²) in [5, 5.41) is 6.50. The van der Waals surface area contributed by atoms with E-state index in [4.69, 9.17) is 0 Å². The zero-order chi connectivity index (χ0) is 13.5. The summed E-state index contributed by atoms with van der Waals surface area (Å²) in [5.74, 6) is 0.773. The Kier molecular flexibility index (Phi) is 5.35. The molecule has 0 aliphatic rings. The van der Waals surface area contributed by atoms with Crippen LogP contribution in [0, 0.1) is 0 Å². The molecule has 2 aromatic heterocycles. The third kappa shape index (κ3) is 4.65. The fourth-order valence-corrected chi connectivity index (χ4v) is 2.94. The number of pyridine rings is 1. The molecule has 2 N–H and O–H groups in total. The summed E-state index contributed by atoms with van der Waals surface area (Å²) in [7, 11) is 1.76. The van der Waals surface area contributed by atoms with Gasteiger partial charge in [-0.25, -0.2) is 0 Å². The highest BCUT2D eigenvalue weighted by Crippen LogP contribution is 2.21. The van der Waals surface area contributed by atoms with Crippen LogP contribution in [0.25, 0.3) is 0 Å². The molecule has 0 fully saturated rings. The Morgan fingerprint density at radius 1 is 1.26 bits per heavy atom. The molecule has 0 aromatic carbocycles. The number of rotatable bonds is 4. The van der Waals surface area contributed by atoms with Crippen molar-refractivity contribution in [1.29, 1.82) is 0 Å². The van der Waals surface area contributed by atoms with Crippen molar-refractivity contribution in [1.82, 2.24) is 15.6 Å². The highest BCUT2D eigenvalue weighted by atomic mass is 79.9. The lowest BCUT2D eigenvalue weighted by molar-refractivity contribution is 0.799. The molecule has 0 atom stereocenters. The third-order valence-electron chi connectivity index (χ3n) is 2.45. The van der Waals surface area contributed by atoms with Crippen LogP contribution in [0.2, 0.25) is 0 Å². The summed E-state index contributed by atoms with van der Waals surface area (Å²) in [6.07, 6.45) is 1.79. The Balaban J connectivity index is 1.81. The number of hydrogen-bond donors (Lipinski definition) is 2. The van der Waals surface area contributed by atoms with Gasteiger partial charge in [0.05, 0.1) is 22.6 Å². The zero-order valence-electron chi connectivity index (χ0n) is 10.6. The van der Waals surface area contributed by atoms with Gasteiger partial charge in [-0.15, -0.1) is 11.3 Å². The average molecular weight is 339 g/mol. The minimum Gasteiger partial charge on any atom is -0.352 e. The van der Waals surface area contributed by atoms with Crippen molar-refractivity contribution in [3.63, 3.8) is 0 Å². The van der Waals surface area contributed by atoms with Crippen LogP contribution in [-0.2, 0) is 13.1 Å². The molecule has 2 aromatic rings. The Morgan fingerprint density at radius 3 is 2.74 bits per heavy atom. The molecule has 0 amide bonds. The van der Waals surface area contributed by atoms with Crippen molar-refractivity contribution in [2.45, 2.75) is 13.1 Å².